The number of hydrogen-bond acceptors (Lipinski definition) is 2. The first-order valence-electron chi connectivity index (χ1n) is 3.70. The van der Waals surface area contributed by atoms with Crippen molar-refractivity contribution in [1.82, 2.24) is 0 Å². The summed E-state index contributed by atoms with van der Waals surface area (Å²) in [5.74, 6) is -1.26. The normalized spacial score (nSPS) is 11.5. The Morgan fingerprint density at radius 1 is 1.33 bits per heavy atom. The van der Waals surface area contributed by atoms with E-state index < -0.39 is 28.9 Å². The van der Waals surface area contributed by atoms with Crippen molar-refractivity contribution in [3.05, 3.63) is 28.3 Å². The third kappa shape index (κ3) is 2.15. The maximum absolute atomic E-state index is 12.4. The number of nitrogen functional groups attached to an aromatic ring is 1. The maximum atomic E-state index is 12.4. The van der Waals surface area contributed by atoms with E-state index in [-0.39, 0.29) is 5.02 Å². The summed E-state index contributed by atoms with van der Waals surface area (Å²) >= 11 is 5.48. The van der Waals surface area contributed by atoms with Gasteiger partial charge in [-0.2, -0.15) is 13.2 Å². The molecule has 82 valence electrons. The van der Waals surface area contributed by atoms with Crippen LogP contribution in [0.2, 0.25) is 5.02 Å². The summed E-state index contributed by atoms with van der Waals surface area (Å²) in [5, 5.41) is -0.142. The van der Waals surface area contributed by atoms with Gasteiger partial charge in [0, 0.05) is 0 Å². The summed E-state index contributed by atoms with van der Waals surface area (Å²) in [5.41, 5.74) is 7.61. The lowest BCUT2D eigenvalue weighted by atomic mass is 10.0. The summed E-state index contributed by atoms with van der Waals surface area (Å²) in [7, 11) is 0. The van der Waals surface area contributed by atoms with Gasteiger partial charge in [0.25, 0.3) is 5.91 Å². The van der Waals surface area contributed by atoms with Gasteiger partial charge in [0.05, 0.1) is 21.8 Å². The van der Waals surface area contributed by atoms with Gasteiger partial charge in [0.15, 0.2) is 0 Å². The number of alkyl halides is 3. The molecule has 3 nitrogen and oxygen atoms in total. The van der Waals surface area contributed by atoms with E-state index in [1.807, 2.05) is 0 Å². The van der Waals surface area contributed by atoms with Crippen molar-refractivity contribution in [1.29, 1.82) is 0 Å². The molecule has 7 heteroatoms. The molecule has 0 saturated carbocycles. The molecule has 0 aliphatic carbocycles. The fourth-order valence-corrected chi connectivity index (χ4v) is 1.25. The van der Waals surface area contributed by atoms with Gasteiger partial charge in [-0.1, -0.05) is 11.6 Å². The summed E-state index contributed by atoms with van der Waals surface area (Å²) in [6.45, 7) is 0. The van der Waals surface area contributed by atoms with Crippen LogP contribution in [0.3, 0.4) is 0 Å². The second-order valence-electron chi connectivity index (χ2n) is 2.75. The molecule has 0 saturated heterocycles. The van der Waals surface area contributed by atoms with Crippen LogP contribution in [-0.2, 0) is 6.18 Å². The number of rotatable bonds is 1. The van der Waals surface area contributed by atoms with E-state index in [0.717, 1.165) is 6.07 Å². The van der Waals surface area contributed by atoms with Crippen LogP contribution in [0, 0.1) is 0 Å². The quantitative estimate of drug-likeness (QED) is 0.735. The highest BCUT2D eigenvalue weighted by molar-refractivity contribution is 6.34. The number of amides is 1. The van der Waals surface area contributed by atoms with Gasteiger partial charge in [-0.15, -0.1) is 0 Å². The van der Waals surface area contributed by atoms with Crippen molar-refractivity contribution in [3.63, 3.8) is 0 Å². The van der Waals surface area contributed by atoms with Gasteiger partial charge in [0.1, 0.15) is 0 Å². The van der Waals surface area contributed by atoms with Crippen molar-refractivity contribution in [2.75, 3.05) is 5.73 Å². The molecule has 1 amide bonds. The number of carbonyl (C=O) groups excluding carboxylic acids is 1. The molecule has 0 fully saturated rings. The highest BCUT2D eigenvalue weighted by Crippen LogP contribution is 2.36. The zero-order valence-electron chi connectivity index (χ0n) is 7.23. The molecule has 0 radical (unpaired) electrons. The Labute approximate surface area is 87.8 Å². The van der Waals surface area contributed by atoms with E-state index in [0.29, 0.717) is 6.07 Å². The first kappa shape index (κ1) is 11.6. The molecule has 1 aromatic carbocycles. The van der Waals surface area contributed by atoms with Crippen LogP contribution in [0.1, 0.15) is 15.9 Å². The van der Waals surface area contributed by atoms with E-state index in [2.05, 4.69) is 0 Å². The molecule has 0 bridgehead atoms. The Kier molecular flexibility index (Phi) is 2.81. The van der Waals surface area contributed by atoms with Crippen LogP contribution in [0.15, 0.2) is 12.1 Å². The van der Waals surface area contributed by atoms with Crippen LogP contribution < -0.4 is 11.5 Å². The first-order valence-corrected chi connectivity index (χ1v) is 4.08. The van der Waals surface area contributed by atoms with Gasteiger partial charge in [-0.05, 0) is 12.1 Å². The van der Waals surface area contributed by atoms with Crippen molar-refractivity contribution in [3.8, 4) is 0 Å². The Morgan fingerprint density at radius 2 is 1.87 bits per heavy atom. The third-order valence-corrected chi connectivity index (χ3v) is 2.07. The van der Waals surface area contributed by atoms with Gasteiger partial charge < -0.3 is 11.5 Å². The fraction of sp³-hybridized carbons (Fsp3) is 0.125. The average molecular weight is 239 g/mol. The summed E-state index contributed by atoms with van der Waals surface area (Å²) in [6.07, 6.45) is -4.69. The largest absolute Gasteiger partial charge is 0.417 e. The van der Waals surface area contributed by atoms with E-state index in [4.69, 9.17) is 23.1 Å². The van der Waals surface area contributed by atoms with Crippen LogP contribution in [0.4, 0.5) is 18.9 Å². The molecular formula is C8H6ClF3N2O. The molecule has 0 aromatic heterocycles. The van der Waals surface area contributed by atoms with Crippen LogP contribution in [-0.4, -0.2) is 5.91 Å². The summed E-state index contributed by atoms with van der Waals surface area (Å²) < 4.78 is 37.2. The number of primary amides is 1. The second kappa shape index (κ2) is 3.62. The van der Waals surface area contributed by atoms with E-state index >= 15 is 0 Å². The predicted octanol–water partition coefficient (Wildman–Crippen LogP) is 2.04. The van der Waals surface area contributed by atoms with Crippen LogP contribution in [0.5, 0.6) is 0 Å². The molecule has 0 spiro atoms. The summed E-state index contributed by atoms with van der Waals surface area (Å²) in [6, 6.07) is 1.63. The van der Waals surface area contributed by atoms with E-state index in [9.17, 15) is 18.0 Å². The maximum Gasteiger partial charge on any atom is 0.417 e. The third-order valence-electron chi connectivity index (χ3n) is 1.74. The molecule has 1 rings (SSSR count). The molecule has 0 atom stereocenters. The number of hydrogen-bond donors (Lipinski definition) is 2. The smallest absolute Gasteiger partial charge is 0.397 e. The minimum Gasteiger partial charge on any atom is -0.397 e. The highest BCUT2D eigenvalue weighted by atomic mass is 35.5. The summed E-state index contributed by atoms with van der Waals surface area (Å²) in [4.78, 5) is 10.8. The van der Waals surface area contributed by atoms with Crippen molar-refractivity contribution < 1.29 is 18.0 Å². The minimum atomic E-state index is -4.69. The fourth-order valence-electron chi connectivity index (χ4n) is 1.10. The zero-order valence-corrected chi connectivity index (χ0v) is 7.99. The lowest BCUT2D eigenvalue weighted by Crippen LogP contribution is -2.20. The molecule has 0 aliphatic rings. The van der Waals surface area contributed by atoms with Gasteiger partial charge >= 0.3 is 6.18 Å². The van der Waals surface area contributed by atoms with E-state index in [1.54, 1.807) is 0 Å². The standard InChI is InChI=1S/C8H6ClF3N2O/c9-4-2-1-3(8(10,11)12)5(6(4)13)7(14)15/h1-2H,13H2,(H2,14,15). The number of benzene rings is 1. The lowest BCUT2D eigenvalue weighted by Gasteiger charge is -2.13. The Hall–Kier alpha value is -1.43. The number of halogens is 4. The molecule has 0 unspecified atom stereocenters. The molecule has 0 aliphatic heterocycles. The van der Waals surface area contributed by atoms with Gasteiger partial charge in [0.2, 0.25) is 0 Å². The zero-order chi connectivity index (χ0) is 11.8. The van der Waals surface area contributed by atoms with Crippen molar-refractivity contribution in [2.24, 2.45) is 5.73 Å². The molecule has 1 aromatic rings. The Bertz CT molecular complexity index is 417. The van der Waals surface area contributed by atoms with Crippen molar-refractivity contribution >= 4 is 23.2 Å². The Morgan fingerprint density at radius 3 is 2.27 bits per heavy atom. The molecular weight excluding hydrogens is 233 g/mol. The van der Waals surface area contributed by atoms with Gasteiger partial charge in [-0.3, -0.25) is 4.79 Å². The van der Waals surface area contributed by atoms with Gasteiger partial charge in [-0.25, -0.2) is 0 Å². The molecule has 4 N–H and O–H groups in total. The number of nitrogens with two attached hydrogens (primary N) is 2. The second-order valence-corrected chi connectivity index (χ2v) is 3.15. The first-order chi connectivity index (χ1) is 6.75. The predicted molar refractivity (Wildman–Crippen MR) is 49.4 cm³/mol. The Balaban J connectivity index is 3.55. The minimum absolute atomic E-state index is 0.142. The van der Waals surface area contributed by atoms with Crippen LogP contribution >= 0.6 is 11.6 Å². The SMILES string of the molecule is NC(=O)c1c(C(F)(F)F)ccc(Cl)c1N. The number of anilines is 1. The number of carbonyl (C=O) groups is 1. The molecule has 0 heterocycles. The van der Waals surface area contributed by atoms with E-state index in [1.165, 1.54) is 0 Å². The average Bonchev–Trinajstić information content (AvgIpc) is 2.06. The highest BCUT2D eigenvalue weighted by Gasteiger charge is 2.36. The van der Waals surface area contributed by atoms with Crippen molar-refractivity contribution in [2.45, 2.75) is 6.18 Å². The molecule has 15 heavy (non-hydrogen) atoms. The lowest BCUT2D eigenvalue weighted by molar-refractivity contribution is -0.137. The topological polar surface area (TPSA) is 69.1 Å². The monoisotopic (exact) mass is 238 g/mol. The van der Waals surface area contributed by atoms with Crippen LogP contribution in [0.25, 0.3) is 0 Å².